The van der Waals surface area contributed by atoms with Gasteiger partial charge >= 0.3 is 0 Å². The maximum Gasteiger partial charge on any atom is 0.242 e. The zero-order valence-electron chi connectivity index (χ0n) is 11.7. The van der Waals surface area contributed by atoms with Crippen molar-refractivity contribution in [1.82, 2.24) is 14.5 Å². The highest BCUT2D eigenvalue weighted by atomic mass is 32.2. The van der Waals surface area contributed by atoms with Crippen molar-refractivity contribution in [2.24, 2.45) is 0 Å². The molecule has 2 rings (SSSR count). The fraction of sp³-hybridized carbons (Fsp3) is 0.308. The summed E-state index contributed by atoms with van der Waals surface area (Å²) in [4.78, 5) is 0.0578. The fourth-order valence-electron chi connectivity index (χ4n) is 1.86. The standard InChI is InChI=1S/C13H18N4O3S/c1-20-11-4-5-13(12(14)10-11)21(18,19)16-7-3-9-17-8-2-6-15-17/h2,4-6,8,10,16H,3,7,9,14H2,1H3. The monoisotopic (exact) mass is 310 g/mol. The van der Waals surface area contributed by atoms with Gasteiger partial charge in [0.25, 0.3) is 0 Å². The van der Waals surface area contributed by atoms with Crippen LogP contribution in [0.4, 0.5) is 5.69 Å². The predicted octanol–water partition coefficient (Wildman–Crippen LogP) is 0.842. The average molecular weight is 310 g/mol. The molecule has 0 saturated heterocycles. The van der Waals surface area contributed by atoms with Crippen LogP contribution in [0.5, 0.6) is 5.75 Å². The van der Waals surface area contributed by atoms with E-state index in [1.165, 1.54) is 19.2 Å². The highest BCUT2D eigenvalue weighted by Crippen LogP contribution is 2.23. The smallest absolute Gasteiger partial charge is 0.242 e. The second kappa shape index (κ2) is 6.59. The first kappa shape index (κ1) is 15.3. The first-order valence-corrected chi connectivity index (χ1v) is 7.92. The molecule has 0 aliphatic carbocycles. The van der Waals surface area contributed by atoms with Crippen molar-refractivity contribution >= 4 is 15.7 Å². The molecule has 8 heteroatoms. The predicted molar refractivity (Wildman–Crippen MR) is 79.4 cm³/mol. The van der Waals surface area contributed by atoms with Gasteiger partial charge < -0.3 is 10.5 Å². The van der Waals surface area contributed by atoms with E-state index in [1.807, 2.05) is 12.3 Å². The van der Waals surface area contributed by atoms with Crippen molar-refractivity contribution in [2.45, 2.75) is 17.9 Å². The molecule has 0 atom stereocenters. The largest absolute Gasteiger partial charge is 0.497 e. The zero-order valence-corrected chi connectivity index (χ0v) is 12.5. The lowest BCUT2D eigenvalue weighted by atomic mass is 10.3. The number of nitrogens with two attached hydrogens (primary N) is 1. The maximum absolute atomic E-state index is 12.2. The summed E-state index contributed by atoms with van der Waals surface area (Å²) in [6, 6.07) is 6.30. The molecule has 21 heavy (non-hydrogen) atoms. The van der Waals surface area contributed by atoms with Crippen molar-refractivity contribution in [1.29, 1.82) is 0 Å². The summed E-state index contributed by atoms with van der Waals surface area (Å²) in [6.07, 6.45) is 4.15. The number of ether oxygens (including phenoxy) is 1. The summed E-state index contributed by atoms with van der Waals surface area (Å²) in [5.41, 5.74) is 5.91. The molecule has 2 aromatic rings. The van der Waals surface area contributed by atoms with Crippen LogP contribution in [0.15, 0.2) is 41.6 Å². The number of anilines is 1. The van der Waals surface area contributed by atoms with E-state index in [4.69, 9.17) is 10.5 Å². The van der Waals surface area contributed by atoms with E-state index in [0.29, 0.717) is 25.3 Å². The lowest BCUT2D eigenvalue weighted by Gasteiger charge is -2.10. The Kier molecular flexibility index (Phi) is 4.81. The van der Waals surface area contributed by atoms with Gasteiger partial charge in [0.05, 0.1) is 12.8 Å². The number of benzene rings is 1. The van der Waals surface area contributed by atoms with Gasteiger partial charge in [-0.2, -0.15) is 5.10 Å². The topological polar surface area (TPSA) is 99.2 Å². The minimum Gasteiger partial charge on any atom is -0.497 e. The summed E-state index contributed by atoms with van der Waals surface area (Å²) in [6.45, 7) is 0.960. The Balaban J connectivity index is 1.95. The molecular formula is C13H18N4O3S. The highest BCUT2D eigenvalue weighted by molar-refractivity contribution is 7.89. The zero-order chi connectivity index (χ0) is 15.3. The molecule has 0 saturated carbocycles. The second-order valence-corrected chi connectivity index (χ2v) is 6.16. The van der Waals surface area contributed by atoms with E-state index in [0.717, 1.165) is 0 Å². The molecule has 1 aromatic heterocycles. The van der Waals surface area contributed by atoms with E-state index in [2.05, 4.69) is 9.82 Å². The molecule has 3 N–H and O–H groups in total. The Bertz CT molecular complexity index is 683. The number of nitrogens with zero attached hydrogens (tertiary/aromatic N) is 2. The van der Waals surface area contributed by atoms with Crippen LogP contribution in [0, 0.1) is 0 Å². The minimum absolute atomic E-state index is 0.0578. The Morgan fingerprint density at radius 3 is 2.86 bits per heavy atom. The number of nitrogens with one attached hydrogen (secondary N) is 1. The van der Waals surface area contributed by atoms with Gasteiger partial charge in [-0.1, -0.05) is 0 Å². The molecule has 0 radical (unpaired) electrons. The Morgan fingerprint density at radius 1 is 1.43 bits per heavy atom. The molecular weight excluding hydrogens is 292 g/mol. The molecule has 1 aromatic carbocycles. The van der Waals surface area contributed by atoms with E-state index >= 15 is 0 Å². The van der Waals surface area contributed by atoms with Crippen LogP contribution in [-0.4, -0.2) is 31.9 Å². The van der Waals surface area contributed by atoms with Crippen molar-refractivity contribution in [3.63, 3.8) is 0 Å². The quantitative estimate of drug-likeness (QED) is 0.583. The molecule has 7 nitrogen and oxygen atoms in total. The summed E-state index contributed by atoms with van der Waals surface area (Å²) in [5, 5.41) is 4.05. The molecule has 0 aliphatic rings. The number of sulfonamides is 1. The number of hydrogen-bond acceptors (Lipinski definition) is 5. The Morgan fingerprint density at radius 2 is 2.24 bits per heavy atom. The van der Waals surface area contributed by atoms with Crippen LogP contribution in [0.3, 0.4) is 0 Å². The van der Waals surface area contributed by atoms with E-state index < -0.39 is 10.0 Å². The van der Waals surface area contributed by atoms with Crippen molar-refractivity contribution in [2.75, 3.05) is 19.4 Å². The molecule has 0 bridgehead atoms. The summed E-state index contributed by atoms with van der Waals surface area (Å²) in [5.74, 6) is 0.519. The average Bonchev–Trinajstić information content (AvgIpc) is 2.96. The van der Waals surface area contributed by atoms with Gasteiger partial charge in [0.1, 0.15) is 10.6 Å². The third kappa shape index (κ3) is 3.96. The Labute approximate surface area is 123 Å². The minimum atomic E-state index is -3.62. The van der Waals surface area contributed by atoms with Crippen molar-refractivity contribution in [3.8, 4) is 5.75 Å². The van der Waals surface area contributed by atoms with E-state index in [9.17, 15) is 8.42 Å². The normalized spacial score (nSPS) is 11.5. The first-order chi connectivity index (χ1) is 10.0. The SMILES string of the molecule is COc1ccc(S(=O)(=O)NCCCn2cccn2)c(N)c1. The summed E-state index contributed by atoms with van der Waals surface area (Å²) < 4.78 is 33.6. The molecule has 1 heterocycles. The molecule has 0 amide bonds. The van der Waals surface area contributed by atoms with Crippen LogP contribution >= 0.6 is 0 Å². The van der Waals surface area contributed by atoms with Gasteiger partial charge in [-0.25, -0.2) is 13.1 Å². The summed E-state index contributed by atoms with van der Waals surface area (Å²) >= 11 is 0. The molecule has 0 aliphatic heterocycles. The van der Waals surface area contributed by atoms with Gasteiger partial charge in [0, 0.05) is 31.5 Å². The summed E-state index contributed by atoms with van der Waals surface area (Å²) in [7, 11) is -2.12. The number of methoxy groups -OCH3 is 1. The lowest BCUT2D eigenvalue weighted by Crippen LogP contribution is -2.26. The van der Waals surface area contributed by atoms with Crippen LogP contribution in [0.25, 0.3) is 0 Å². The van der Waals surface area contributed by atoms with E-state index in [-0.39, 0.29) is 10.6 Å². The van der Waals surface area contributed by atoms with Crippen molar-refractivity contribution in [3.05, 3.63) is 36.7 Å². The second-order valence-electron chi connectivity index (χ2n) is 4.42. The molecule has 0 spiro atoms. The first-order valence-electron chi connectivity index (χ1n) is 6.43. The van der Waals surface area contributed by atoms with Gasteiger partial charge in [0.15, 0.2) is 0 Å². The fourth-order valence-corrected chi connectivity index (χ4v) is 3.04. The molecule has 0 unspecified atom stereocenters. The van der Waals surface area contributed by atoms with Crippen LogP contribution in [0.2, 0.25) is 0 Å². The maximum atomic E-state index is 12.2. The number of aryl methyl sites for hydroxylation is 1. The number of hydrogen-bond donors (Lipinski definition) is 2. The number of aromatic nitrogens is 2. The lowest BCUT2D eigenvalue weighted by molar-refractivity contribution is 0.414. The number of rotatable bonds is 7. The van der Waals surface area contributed by atoms with Gasteiger partial charge in [-0.3, -0.25) is 4.68 Å². The van der Waals surface area contributed by atoms with Gasteiger partial charge in [0.2, 0.25) is 10.0 Å². The highest BCUT2D eigenvalue weighted by Gasteiger charge is 2.17. The van der Waals surface area contributed by atoms with Crippen LogP contribution in [-0.2, 0) is 16.6 Å². The van der Waals surface area contributed by atoms with E-state index in [1.54, 1.807) is 16.9 Å². The van der Waals surface area contributed by atoms with Crippen LogP contribution in [0.1, 0.15) is 6.42 Å². The molecule has 114 valence electrons. The Hall–Kier alpha value is -2.06. The molecule has 0 fully saturated rings. The third-order valence-corrected chi connectivity index (χ3v) is 4.46. The van der Waals surface area contributed by atoms with Crippen LogP contribution < -0.4 is 15.2 Å². The third-order valence-electron chi connectivity index (χ3n) is 2.92. The van der Waals surface area contributed by atoms with Gasteiger partial charge in [-0.05, 0) is 24.6 Å². The number of nitrogen functional groups attached to an aromatic ring is 1. The van der Waals surface area contributed by atoms with Crippen molar-refractivity contribution < 1.29 is 13.2 Å². The van der Waals surface area contributed by atoms with Gasteiger partial charge in [-0.15, -0.1) is 0 Å².